The number of aryl methyl sites for hydroxylation is 2. The largest absolute Gasteiger partial charge is 0.334 e. The summed E-state index contributed by atoms with van der Waals surface area (Å²) in [5.41, 5.74) is 7.19. The van der Waals surface area contributed by atoms with Crippen molar-refractivity contribution in [3.8, 4) is 0 Å². The van der Waals surface area contributed by atoms with E-state index < -0.39 is 24.1 Å². The third-order valence-corrected chi connectivity index (χ3v) is 11.4. The van der Waals surface area contributed by atoms with E-state index in [9.17, 15) is 19.2 Å². The highest BCUT2D eigenvalue weighted by molar-refractivity contribution is 6.08. The molecule has 12 nitrogen and oxygen atoms in total. The van der Waals surface area contributed by atoms with Gasteiger partial charge >= 0.3 is 24.1 Å². The average Bonchev–Trinajstić information content (AvgIpc) is 3.27. The van der Waals surface area contributed by atoms with Crippen LogP contribution in [0.1, 0.15) is 33.4 Å². The van der Waals surface area contributed by atoms with Gasteiger partial charge in [-0.2, -0.15) is 0 Å². The van der Waals surface area contributed by atoms with Crippen LogP contribution in [-0.4, -0.2) is 24.1 Å². The molecule has 8 N–H and O–H groups in total. The maximum atomic E-state index is 13.7. The van der Waals surface area contributed by atoms with Crippen LogP contribution in [0.15, 0.2) is 133 Å². The Balaban J connectivity index is 1.10. The number of amides is 8. The van der Waals surface area contributed by atoms with Gasteiger partial charge in [0.15, 0.2) is 0 Å². The second kappa shape index (κ2) is 16.9. The normalized spacial score (nSPS) is 14.2. The van der Waals surface area contributed by atoms with Gasteiger partial charge in [0, 0.05) is 26.2 Å². The molecule has 62 heavy (non-hydrogen) atoms. The maximum absolute atomic E-state index is 13.7. The van der Waals surface area contributed by atoms with Crippen molar-refractivity contribution < 1.29 is 19.2 Å². The quantitative estimate of drug-likeness (QED) is 0.0715. The second-order valence-electron chi connectivity index (χ2n) is 15.4. The van der Waals surface area contributed by atoms with Crippen LogP contribution >= 0.6 is 0 Å². The summed E-state index contributed by atoms with van der Waals surface area (Å²) in [4.78, 5) is 54.6. The first-order valence-corrected chi connectivity index (χ1v) is 20.4. The van der Waals surface area contributed by atoms with Gasteiger partial charge in [-0.15, -0.1) is 0 Å². The molecule has 0 radical (unpaired) electrons. The van der Waals surface area contributed by atoms with Gasteiger partial charge in [-0.25, -0.2) is 19.2 Å². The highest BCUT2D eigenvalue weighted by Gasteiger charge is 2.19. The summed E-state index contributed by atoms with van der Waals surface area (Å²) in [5, 5.41) is 31.4. The van der Waals surface area contributed by atoms with Gasteiger partial charge in [-0.05, 0) is 115 Å². The lowest BCUT2D eigenvalue weighted by Gasteiger charge is -2.20. The second-order valence-corrected chi connectivity index (χ2v) is 15.4. The molecule has 0 atom stereocenters. The molecule has 8 aromatic carbocycles. The molecule has 8 aromatic rings. The Hall–Kier alpha value is -8.12. The van der Waals surface area contributed by atoms with E-state index in [1.54, 1.807) is 12.1 Å². The predicted octanol–water partition coefficient (Wildman–Crippen LogP) is 10.5. The topological polar surface area (TPSA) is 165 Å². The van der Waals surface area contributed by atoms with Crippen LogP contribution in [0, 0.1) is 13.8 Å². The fourth-order valence-corrected chi connectivity index (χ4v) is 8.46. The Morgan fingerprint density at radius 1 is 0.306 bits per heavy atom. The number of rotatable bonds is 0. The summed E-state index contributed by atoms with van der Waals surface area (Å²) >= 11 is 0. The smallest absolute Gasteiger partial charge is 0.319 e. The molecule has 0 saturated heterocycles. The summed E-state index contributed by atoms with van der Waals surface area (Å²) < 4.78 is 0. The monoisotopic (exact) mass is 820 g/mol. The molecule has 0 fully saturated rings. The minimum atomic E-state index is -0.444. The lowest BCUT2D eigenvalue weighted by Crippen LogP contribution is -2.31. The van der Waals surface area contributed by atoms with Gasteiger partial charge in [-0.3, -0.25) is 0 Å². The highest BCUT2D eigenvalue weighted by Crippen LogP contribution is 2.35. The zero-order valence-corrected chi connectivity index (χ0v) is 34.2. The van der Waals surface area contributed by atoms with E-state index in [4.69, 9.17) is 0 Å². The van der Waals surface area contributed by atoms with E-state index in [0.717, 1.165) is 76.5 Å². The van der Waals surface area contributed by atoms with Crippen molar-refractivity contribution in [2.24, 2.45) is 0 Å². The Morgan fingerprint density at radius 2 is 0.532 bits per heavy atom. The highest BCUT2D eigenvalue weighted by atomic mass is 16.2. The molecule has 9 rings (SSSR count). The number of nitrogens with one attached hydrogen (secondary N) is 8. The summed E-state index contributed by atoms with van der Waals surface area (Å²) in [6.07, 6.45) is 0. The maximum Gasteiger partial charge on any atom is 0.319 e. The minimum Gasteiger partial charge on any atom is -0.334 e. The Kier molecular flexibility index (Phi) is 10.7. The molecular weight excluding hydrogens is 777 g/mol. The summed E-state index contributed by atoms with van der Waals surface area (Å²) in [6.45, 7) is 4.64. The van der Waals surface area contributed by atoms with Crippen LogP contribution in [0.4, 0.5) is 41.9 Å². The molecule has 12 heteroatoms. The molecule has 4 bridgehead atoms. The van der Waals surface area contributed by atoms with Crippen molar-refractivity contribution in [1.82, 2.24) is 21.3 Å². The standard InChI is InChI=1S/C50H44N8O4/c1-29-19-21-43-45(23-29)57-49(61)53-27-41-35-15-7-9-17-37(35)42(38-18-10-8-16-36(38)41)28-54-50(62)58-46-24-30(2)20-22-44(46)56-48(60)52-26-40-33-13-5-3-11-31(33)39(25-51-47(59)55-43)32-12-4-6-14-34(32)40/h3-24H,25-28H2,1-2H3,(H2,51,55,59)(H2,52,56,60)(H2,53,57,61)(H2,54,58,62). The van der Waals surface area contributed by atoms with Gasteiger partial charge < -0.3 is 42.5 Å². The minimum absolute atomic E-state index is 0.202. The van der Waals surface area contributed by atoms with Crippen molar-refractivity contribution in [3.63, 3.8) is 0 Å². The predicted molar refractivity (Wildman–Crippen MR) is 249 cm³/mol. The lowest BCUT2D eigenvalue weighted by atomic mass is 9.91. The van der Waals surface area contributed by atoms with Gasteiger partial charge in [-0.1, -0.05) is 109 Å². The molecule has 1 aliphatic heterocycles. The van der Waals surface area contributed by atoms with Gasteiger partial charge in [0.2, 0.25) is 0 Å². The number of carbonyl (C=O) groups excluding carboxylic acids is 4. The van der Waals surface area contributed by atoms with Crippen molar-refractivity contribution in [1.29, 1.82) is 0 Å². The zero-order valence-electron chi connectivity index (χ0n) is 34.2. The van der Waals surface area contributed by atoms with Crippen LogP contribution < -0.4 is 42.5 Å². The number of carbonyl (C=O) groups is 4. The van der Waals surface area contributed by atoms with Crippen molar-refractivity contribution in [2.45, 2.75) is 40.0 Å². The van der Waals surface area contributed by atoms with E-state index in [1.165, 1.54) is 0 Å². The van der Waals surface area contributed by atoms with Crippen LogP contribution in [0.5, 0.6) is 0 Å². The van der Waals surface area contributed by atoms with E-state index >= 15 is 0 Å². The molecule has 308 valence electrons. The lowest BCUT2D eigenvalue weighted by molar-refractivity contribution is 0.250. The SMILES string of the molecule is Cc1ccc2c(c1)NC(=O)NCc1c3ccccc3c(c3ccccc13)CNC(=O)Nc1cc(C)ccc1NC(=O)NCc1c3ccccc3c(c3ccccc13)CNC(=O)N2. The van der Waals surface area contributed by atoms with E-state index in [2.05, 4.69) is 42.5 Å². The molecular formula is C50H44N8O4. The first kappa shape index (κ1) is 39.3. The van der Waals surface area contributed by atoms with Gasteiger partial charge in [0.1, 0.15) is 0 Å². The first-order chi connectivity index (χ1) is 30.2. The summed E-state index contributed by atoms with van der Waals surface area (Å²) in [7, 11) is 0. The Bertz CT molecular complexity index is 2790. The number of fused-ring (bicyclic) bond motifs is 8. The van der Waals surface area contributed by atoms with E-state index in [0.29, 0.717) is 22.7 Å². The third kappa shape index (κ3) is 7.96. The van der Waals surface area contributed by atoms with Crippen LogP contribution in [0.3, 0.4) is 0 Å². The molecule has 0 unspecified atom stereocenters. The number of urea groups is 4. The van der Waals surface area contributed by atoms with Crippen LogP contribution in [0.2, 0.25) is 0 Å². The Labute approximate surface area is 357 Å². The number of benzene rings is 8. The van der Waals surface area contributed by atoms with Crippen molar-refractivity contribution in [2.75, 3.05) is 21.3 Å². The molecule has 8 amide bonds. The van der Waals surface area contributed by atoms with E-state index in [1.807, 2.05) is 135 Å². The fraction of sp³-hybridized carbons (Fsp3) is 0.120. The molecule has 0 saturated carbocycles. The molecule has 0 spiro atoms. The summed E-state index contributed by atoms with van der Waals surface area (Å²) in [5.74, 6) is 0. The van der Waals surface area contributed by atoms with Gasteiger partial charge in [0.25, 0.3) is 0 Å². The van der Waals surface area contributed by atoms with Crippen LogP contribution in [0.25, 0.3) is 43.1 Å². The number of anilines is 4. The van der Waals surface area contributed by atoms with Crippen molar-refractivity contribution >= 4 is 90.0 Å². The molecule has 1 aliphatic rings. The summed E-state index contributed by atoms with van der Waals surface area (Å²) in [6, 6.07) is 40.8. The van der Waals surface area contributed by atoms with Crippen molar-refractivity contribution in [3.05, 3.63) is 167 Å². The van der Waals surface area contributed by atoms with Crippen LogP contribution in [-0.2, 0) is 26.2 Å². The molecule has 0 aliphatic carbocycles. The zero-order chi connectivity index (χ0) is 42.7. The van der Waals surface area contributed by atoms with E-state index in [-0.39, 0.29) is 26.2 Å². The number of hydrogen-bond acceptors (Lipinski definition) is 4. The average molecular weight is 821 g/mol. The molecule has 1 heterocycles. The Morgan fingerprint density at radius 3 is 0.774 bits per heavy atom. The third-order valence-electron chi connectivity index (χ3n) is 11.4. The molecule has 0 aromatic heterocycles. The first-order valence-electron chi connectivity index (χ1n) is 20.4. The fourth-order valence-electron chi connectivity index (χ4n) is 8.46. The number of hydrogen-bond donors (Lipinski definition) is 8. The van der Waals surface area contributed by atoms with Gasteiger partial charge in [0.05, 0.1) is 22.7 Å².